The summed E-state index contributed by atoms with van der Waals surface area (Å²) in [6.07, 6.45) is 6.06. The standard InChI is InChI=1S/C15H27NO/c1-11-5-4-6-12(2)15(11)10-16-8-7-14(9-16)13(3)17/h5,12-15,17H,4,6-10H2,1-3H3/t12-,13+,14+,15+/m0/s1. The number of hydrogen-bond acceptors (Lipinski definition) is 2. The molecule has 1 aliphatic heterocycles. The Balaban J connectivity index is 1.89. The molecule has 0 saturated carbocycles. The van der Waals surface area contributed by atoms with Crippen LogP contribution in [0.5, 0.6) is 0 Å². The van der Waals surface area contributed by atoms with Crippen molar-refractivity contribution in [2.24, 2.45) is 17.8 Å². The minimum atomic E-state index is -0.139. The summed E-state index contributed by atoms with van der Waals surface area (Å²) in [6.45, 7) is 10.1. The molecule has 0 spiro atoms. The number of aliphatic hydroxyl groups is 1. The normalized spacial score (nSPS) is 36.9. The molecule has 1 aliphatic carbocycles. The van der Waals surface area contributed by atoms with E-state index >= 15 is 0 Å². The topological polar surface area (TPSA) is 23.5 Å². The molecule has 0 aromatic heterocycles. The van der Waals surface area contributed by atoms with Gasteiger partial charge in [-0.15, -0.1) is 0 Å². The number of allylic oxidation sites excluding steroid dienone is 1. The second-order valence-corrected chi connectivity index (χ2v) is 6.16. The Morgan fingerprint density at radius 3 is 2.82 bits per heavy atom. The lowest BCUT2D eigenvalue weighted by atomic mass is 9.80. The van der Waals surface area contributed by atoms with Crippen LogP contribution in [0.3, 0.4) is 0 Å². The van der Waals surface area contributed by atoms with Crippen LogP contribution in [0, 0.1) is 17.8 Å². The molecule has 0 unspecified atom stereocenters. The number of hydrogen-bond donors (Lipinski definition) is 1. The van der Waals surface area contributed by atoms with Gasteiger partial charge in [0.25, 0.3) is 0 Å². The quantitative estimate of drug-likeness (QED) is 0.763. The third kappa shape index (κ3) is 3.11. The Hall–Kier alpha value is -0.340. The number of rotatable bonds is 3. The Morgan fingerprint density at radius 2 is 2.24 bits per heavy atom. The van der Waals surface area contributed by atoms with Crippen molar-refractivity contribution in [3.8, 4) is 0 Å². The largest absolute Gasteiger partial charge is 0.393 e. The van der Waals surface area contributed by atoms with E-state index in [4.69, 9.17) is 0 Å². The van der Waals surface area contributed by atoms with Gasteiger partial charge in [-0.05, 0) is 57.4 Å². The maximum Gasteiger partial charge on any atom is 0.0552 e. The van der Waals surface area contributed by atoms with E-state index < -0.39 is 0 Å². The summed E-state index contributed by atoms with van der Waals surface area (Å²) in [7, 11) is 0. The fourth-order valence-corrected chi connectivity index (χ4v) is 3.40. The highest BCUT2D eigenvalue weighted by atomic mass is 16.3. The summed E-state index contributed by atoms with van der Waals surface area (Å²) in [5.41, 5.74) is 1.59. The van der Waals surface area contributed by atoms with Crippen molar-refractivity contribution in [1.82, 2.24) is 4.90 Å². The van der Waals surface area contributed by atoms with Gasteiger partial charge in [0.05, 0.1) is 6.10 Å². The van der Waals surface area contributed by atoms with Crippen LogP contribution < -0.4 is 0 Å². The fourth-order valence-electron chi connectivity index (χ4n) is 3.40. The lowest BCUT2D eigenvalue weighted by Gasteiger charge is -2.32. The van der Waals surface area contributed by atoms with Crippen molar-refractivity contribution in [3.63, 3.8) is 0 Å². The maximum atomic E-state index is 9.64. The van der Waals surface area contributed by atoms with Crippen LogP contribution in [-0.2, 0) is 0 Å². The van der Waals surface area contributed by atoms with E-state index in [0.717, 1.165) is 18.4 Å². The summed E-state index contributed by atoms with van der Waals surface area (Å²) in [4.78, 5) is 2.56. The molecular weight excluding hydrogens is 210 g/mol. The summed E-state index contributed by atoms with van der Waals surface area (Å²) in [5, 5.41) is 9.64. The van der Waals surface area contributed by atoms with Crippen molar-refractivity contribution in [1.29, 1.82) is 0 Å². The molecule has 0 aromatic carbocycles. The molecule has 1 fully saturated rings. The zero-order valence-corrected chi connectivity index (χ0v) is 11.5. The van der Waals surface area contributed by atoms with Crippen LogP contribution in [0.15, 0.2) is 11.6 Å². The highest BCUT2D eigenvalue weighted by Crippen LogP contribution is 2.32. The van der Waals surface area contributed by atoms with Gasteiger partial charge in [0.2, 0.25) is 0 Å². The van der Waals surface area contributed by atoms with Crippen molar-refractivity contribution in [3.05, 3.63) is 11.6 Å². The SMILES string of the molecule is CC1=CCC[C@H](C)[C@@H]1CN1CC[C@@H]([C@@H](C)O)C1. The predicted molar refractivity (Wildman–Crippen MR) is 71.9 cm³/mol. The second kappa shape index (κ2) is 5.53. The summed E-state index contributed by atoms with van der Waals surface area (Å²) >= 11 is 0. The lowest BCUT2D eigenvalue weighted by molar-refractivity contribution is 0.124. The van der Waals surface area contributed by atoms with Gasteiger partial charge >= 0.3 is 0 Å². The second-order valence-electron chi connectivity index (χ2n) is 6.16. The minimum Gasteiger partial charge on any atom is -0.393 e. The lowest BCUT2D eigenvalue weighted by Crippen LogP contribution is -2.33. The Labute approximate surface area is 106 Å². The van der Waals surface area contributed by atoms with Crippen LogP contribution >= 0.6 is 0 Å². The molecule has 1 N–H and O–H groups in total. The molecule has 2 heteroatoms. The first kappa shape index (κ1) is 13.1. The first-order valence-electron chi connectivity index (χ1n) is 7.15. The van der Waals surface area contributed by atoms with Crippen LogP contribution in [0.2, 0.25) is 0 Å². The number of likely N-dealkylation sites (tertiary alicyclic amines) is 1. The van der Waals surface area contributed by atoms with Gasteiger partial charge in [-0.25, -0.2) is 0 Å². The van der Waals surface area contributed by atoms with Gasteiger partial charge in [-0.2, -0.15) is 0 Å². The summed E-state index contributed by atoms with van der Waals surface area (Å²) in [5.74, 6) is 2.07. The molecule has 0 amide bonds. The van der Waals surface area contributed by atoms with Crippen molar-refractivity contribution in [2.75, 3.05) is 19.6 Å². The van der Waals surface area contributed by atoms with E-state index in [9.17, 15) is 5.11 Å². The van der Waals surface area contributed by atoms with E-state index in [-0.39, 0.29) is 6.10 Å². The summed E-state index contributed by atoms with van der Waals surface area (Å²) < 4.78 is 0. The van der Waals surface area contributed by atoms with E-state index in [1.165, 1.54) is 32.4 Å². The van der Waals surface area contributed by atoms with Crippen LogP contribution in [-0.4, -0.2) is 35.7 Å². The number of aliphatic hydroxyl groups excluding tert-OH is 1. The molecule has 0 aromatic rings. The summed E-state index contributed by atoms with van der Waals surface area (Å²) in [6, 6.07) is 0. The van der Waals surface area contributed by atoms with Gasteiger partial charge in [-0.3, -0.25) is 0 Å². The number of nitrogens with zero attached hydrogens (tertiary/aromatic N) is 1. The molecule has 2 rings (SSSR count). The first-order chi connectivity index (χ1) is 8.08. The smallest absolute Gasteiger partial charge is 0.0552 e. The van der Waals surface area contributed by atoms with Gasteiger partial charge in [0, 0.05) is 13.1 Å². The maximum absolute atomic E-state index is 9.64. The molecular formula is C15H27NO. The van der Waals surface area contributed by atoms with Gasteiger partial charge in [-0.1, -0.05) is 18.6 Å². The Bertz CT molecular complexity index is 285. The third-order valence-electron chi connectivity index (χ3n) is 4.81. The molecule has 98 valence electrons. The zero-order chi connectivity index (χ0) is 12.4. The Kier molecular flexibility index (Phi) is 4.26. The molecule has 17 heavy (non-hydrogen) atoms. The molecule has 1 heterocycles. The molecule has 0 radical (unpaired) electrons. The first-order valence-corrected chi connectivity index (χ1v) is 7.15. The van der Waals surface area contributed by atoms with Gasteiger partial charge in [0.15, 0.2) is 0 Å². The Morgan fingerprint density at radius 1 is 1.47 bits per heavy atom. The van der Waals surface area contributed by atoms with E-state index in [0.29, 0.717) is 5.92 Å². The minimum absolute atomic E-state index is 0.139. The van der Waals surface area contributed by atoms with Crippen LogP contribution in [0.25, 0.3) is 0 Å². The van der Waals surface area contributed by atoms with Gasteiger partial charge in [0.1, 0.15) is 0 Å². The van der Waals surface area contributed by atoms with Gasteiger partial charge < -0.3 is 10.0 Å². The molecule has 2 aliphatic rings. The molecule has 0 bridgehead atoms. The van der Waals surface area contributed by atoms with Crippen LogP contribution in [0.1, 0.15) is 40.0 Å². The molecule has 4 atom stereocenters. The average molecular weight is 237 g/mol. The average Bonchev–Trinajstić information content (AvgIpc) is 2.72. The molecule has 1 saturated heterocycles. The fraction of sp³-hybridized carbons (Fsp3) is 0.867. The zero-order valence-electron chi connectivity index (χ0n) is 11.5. The van der Waals surface area contributed by atoms with E-state index in [1.807, 2.05) is 6.92 Å². The van der Waals surface area contributed by atoms with Crippen molar-refractivity contribution < 1.29 is 5.11 Å². The van der Waals surface area contributed by atoms with Crippen molar-refractivity contribution >= 4 is 0 Å². The molecule has 2 nitrogen and oxygen atoms in total. The van der Waals surface area contributed by atoms with Crippen LogP contribution in [0.4, 0.5) is 0 Å². The van der Waals surface area contributed by atoms with E-state index in [2.05, 4.69) is 24.8 Å². The highest BCUT2D eigenvalue weighted by molar-refractivity contribution is 5.09. The van der Waals surface area contributed by atoms with E-state index in [1.54, 1.807) is 5.57 Å². The third-order valence-corrected chi connectivity index (χ3v) is 4.81. The predicted octanol–water partition coefficient (Wildman–Crippen LogP) is 2.68. The highest BCUT2D eigenvalue weighted by Gasteiger charge is 2.30. The van der Waals surface area contributed by atoms with Crippen molar-refractivity contribution in [2.45, 2.75) is 46.1 Å². The monoisotopic (exact) mass is 237 g/mol.